The van der Waals surface area contributed by atoms with Crippen LogP contribution in [0.25, 0.3) is 16.9 Å². The van der Waals surface area contributed by atoms with Gasteiger partial charge >= 0.3 is 17.9 Å². The highest BCUT2D eigenvalue weighted by molar-refractivity contribution is 6.06. The molecule has 9 heteroatoms. The van der Waals surface area contributed by atoms with Crippen molar-refractivity contribution in [2.24, 2.45) is 0 Å². The summed E-state index contributed by atoms with van der Waals surface area (Å²) in [5, 5.41) is 4.58. The van der Waals surface area contributed by atoms with E-state index < -0.39 is 11.9 Å². The maximum atomic E-state index is 12.8. The Morgan fingerprint density at radius 1 is 0.914 bits per heavy atom. The molecule has 35 heavy (non-hydrogen) atoms. The first-order valence-corrected chi connectivity index (χ1v) is 11.2. The van der Waals surface area contributed by atoms with Gasteiger partial charge in [0.2, 0.25) is 0 Å². The fourth-order valence-corrected chi connectivity index (χ4v) is 3.48. The van der Waals surface area contributed by atoms with E-state index in [0.717, 1.165) is 0 Å². The molecule has 1 aromatic heterocycles. The van der Waals surface area contributed by atoms with Crippen LogP contribution in [0.4, 0.5) is 0 Å². The molecule has 0 atom stereocenters. The van der Waals surface area contributed by atoms with E-state index in [1.165, 1.54) is 18.9 Å². The SMILES string of the molecule is CCOC(=O)CCCCOc1cccc(-c2nn(-c3ccccc3)c(C(=O)OC)c2C(=O)OC)c1. The lowest BCUT2D eigenvalue weighted by Gasteiger charge is -2.08. The number of aromatic nitrogens is 2. The third-order valence-corrected chi connectivity index (χ3v) is 5.11. The van der Waals surface area contributed by atoms with E-state index in [-0.39, 0.29) is 22.9 Å². The lowest BCUT2D eigenvalue weighted by Crippen LogP contribution is -2.15. The van der Waals surface area contributed by atoms with Crippen LogP contribution in [-0.4, -0.2) is 55.1 Å². The second kappa shape index (κ2) is 12.4. The standard InChI is InChI=1S/C26H28N2O7/c1-4-34-21(29)15-8-9-16-35-20-14-10-11-18(17-20)23-22(25(30)32-2)24(26(31)33-3)28(27-23)19-12-6-5-7-13-19/h5-7,10-14,17H,4,8-9,15-16H2,1-3H3. The first-order valence-electron chi connectivity index (χ1n) is 11.2. The molecule has 0 unspecified atom stereocenters. The van der Waals surface area contributed by atoms with Gasteiger partial charge in [0.15, 0.2) is 5.69 Å². The zero-order valence-electron chi connectivity index (χ0n) is 20.0. The molecular formula is C26H28N2O7. The van der Waals surface area contributed by atoms with Gasteiger partial charge in [-0.3, -0.25) is 4.79 Å². The molecule has 0 aliphatic heterocycles. The lowest BCUT2D eigenvalue weighted by molar-refractivity contribution is -0.143. The van der Waals surface area contributed by atoms with Crippen molar-refractivity contribution in [1.82, 2.24) is 9.78 Å². The Bertz CT molecular complexity index is 1170. The summed E-state index contributed by atoms with van der Waals surface area (Å²) in [4.78, 5) is 36.9. The number of hydrogen-bond acceptors (Lipinski definition) is 8. The van der Waals surface area contributed by atoms with Gasteiger partial charge in [-0.15, -0.1) is 0 Å². The molecule has 0 fully saturated rings. The van der Waals surface area contributed by atoms with Gasteiger partial charge in [0, 0.05) is 12.0 Å². The Morgan fingerprint density at radius 3 is 2.34 bits per heavy atom. The molecule has 3 aromatic rings. The summed E-state index contributed by atoms with van der Waals surface area (Å²) in [6, 6.07) is 16.0. The molecule has 0 radical (unpaired) electrons. The van der Waals surface area contributed by atoms with Crippen molar-refractivity contribution >= 4 is 17.9 Å². The Hall–Kier alpha value is -4.14. The highest BCUT2D eigenvalue weighted by Gasteiger charge is 2.31. The van der Waals surface area contributed by atoms with Crippen molar-refractivity contribution < 1.29 is 33.3 Å². The molecule has 3 rings (SSSR count). The summed E-state index contributed by atoms with van der Waals surface area (Å²) in [5.41, 5.74) is 1.36. The molecule has 0 aliphatic rings. The average molecular weight is 481 g/mol. The van der Waals surface area contributed by atoms with Crippen LogP contribution in [0.1, 0.15) is 47.0 Å². The van der Waals surface area contributed by atoms with E-state index >= 15 is 0 Å². The Kier molecular flexibility index (Phi) is 9.00. The first-order chi connectivity index (χ1) is 17.0. The van der Waals surface area contributed by atoms with Crippen LogP contribution in [0, 0.1) is 0 Å². The zero-order valence-corrected chi connectivity index (χ0v) is 20.0. The second-order valence-corrected chi connectivity index (χ2v) is 7.44. The first kappa shape index (κ1) is 25.5. The van der Waals surface area contributed by atoms with Crippen LogP contribution in [-0.2, 0) is 19.0 Å². The molecule has 1 heterocycles. The topological polar surface area (TPSA) is 106 Å². The summed E-state index contributed by atoms with van der Waals surface area (Å²) in [5.74, 6) is -1.10. The largest absolute Gasteiger partial charge is 0.494 e. The smallest absolute Gasteiger partial charge is 0.357 e. The number of hydrogen-bond donors (Lipinski definition) is 0. The van der Waals surface area contributed by atoms with Crippen LogP contribution in [0.5, 0.6) is 5.75 Å². The molecule has 184 valence electrons. The third kappa shape index (κ3) is 6.26. The van der Waals surface area contributed by atoms with Gasteiger partial charge in [0.05, 0.1) is 33.1 Å². The van der Waals surface area contributed by atoms with E-state index in [9.17, 15) is 14.4 Å². The highest BCUT2D eigenvalue weighted by atomic mass is 16.5. The summed E-state index contributed by atoms with van der Waals surface area (Å²) in [7, 11) is 2.48. The van der Waals surface area contributed by atoms with E-state index in [1.807, 2.05) is 6.07 Å². The van der Waals surface area contributed by atoms with Crippen molar-refractivity contribution in [3.05, 3.63) is 65.9 Å². The molecule has 0 amide bonds. The van der Waals surface area contributed by atoms with E-state index in [4.69, 9.17) is 18.9 Å². The maximum absolute atomic E-state index is 12.8. The number of rotatable bonds is 11. The van der Waals surface area contributed by atoms with Gasteiger partial charge in [0.25, 0.3) is 0 Å². The van der Waals surface area contributed by atoms with E-state index in [0.29, 0.717) is 49.5 Å². The van der Waals surface area contributed by atoms with Crippen molar-refractivity contribution in [3.8, 4) is 22.7 Å². The second-order valence-electron chi connectivity index (χ2n) is 7.44. The fourth-order valence-electron chi connectivity index (χ4n) is 3.48. The number of unbranched alkanes of at least 4 members (excludes halogenated alkanes) is 1. The van der Waals surface area contributed by atoms with Crippen LogP contribution in [0.2, 0.25) is 0 Å². The predicted molar refractivity (Wildman–Crippen MR) is 128 cm³/mol. The van der Waals surface area contributed by atoms with Gasteiger partial charge in [-0.1, -0.05) is 30.3 Å². The van der Waals surface area contributed by atoms with E-state index in [1.54, 1.807) is 55.5 Å². The Labute approximate surface area is 203 Å². The number of methoxy groups -OCH3 is 2. The van der Waals surface area contributed by atoms with Crippen molar-refractivity contribution in [2.45, 2.75) is 26.2 Å². The normalized spacial score (nSPS) is 10.5. The Morgan fingerprint density at radius 2 is 1.66 bits per heavy atom. The van der Waals surface area contributed by atoms with Crippen molar-refractivity contribution in [1.29, 1.82) is 0 Å². The molecule has 0 aliphatic carbocycles. The van der Waals surface area contributed by atoms with Crippen LogP contribution in [0.15, 0.2) is 54.6 Å². The minimum atomic E-state index is -0.720. The number of carbonyl (C=O) groups is 3. The molecule has 0 saturated heterocycles. The van der Waals surface area contributed by atoms with E-state index in [2.05, 4.69) is 5.10 Å². The summed E-state index contributed by atoms with van der Waals surface area (Å²) in [6.07, 6.45) is 1.66. The highest BCUT2D eigenvalue weighted by Crippen LogP contribution is 2.31. The van der Waals surface area contributed by atoms with Crippen LogP contribution >= 0.6 is 0 Å². The van der Waals surface area contributed by atoms with Crippen molar-refractivity contribution in [2.75, 3.05) is 27.4 Å². The number of nitrogens with zero attached hydrogens (tertiary/aromatic N) is 2. The van der Waals surface area contributed by atoms with Gasteiger partial charge in [-0.2, -0.15) is 5.10 Å². The van der Waals surface area contributed by atoms with Gasteiger partial charge in [0.1, 0.15) is 17.0 Å². The van der Waals surface area contributed by atoms with Crippen LogP contribution < -0.4 is 4.74 Å². The van der Waals surface area contributed by atoms with Gasteiger partial charge in [-0.25, -0.2) is 14.3 Å². The molecule has 0 saturated carbocycles. The molecule has 0 bridgehead atoms. The summed E-state index contributed by atoms with van der Waals surface area (Å²) < 4.78 is 22.0. The summed E-state index contributed by atoms with van der Waals surface area (Å²) in [6.45, 7) is 2.54. The van der Waals surface area contributed by atoms with Crippen molar-refractivity contribution in [3.63, 3.8) is 0 Å². The molecule has 0 spiro atoms. The Balaban J connectivity index is 1.91. The zero-order chi connectivity index (χ0) is 25.2. The lowest BCUT2D eigenvalue weighted by atomic mass is 10.1. The number of benzene rings is 2. The number of para-hydroxylation sites is 1. The average Bonchev–Trinajstić information content (AvgIpc) is 3.29. The third-order valence-electron chi connectivity index (χ3n) is 5.11. The number of esters is 3. The molecule has 0 N–H and O–H groups in total. The van der Waals surface area contributed by atoms with Gasteiger partial charge < -0.3 is 18.9 Å². The summed E-state index contributed by atoms with van der Waals surface area (Å²) >= 11 is 0. The molecular weight excluding hydrogens is 452 g/mol. The van der Waals surface area contributed by atoms with Crippen LogP contribution in [0.3, 0.4) is 0 Å². The number of carbonyl (C=O) groups excluding carboxylic acids is 3. The maximum Gasteiger partial charge on any atom is 0.357 e. The minimum absolute atomic E-state index is 0.00482. The molecule has 2 aromatic carbocycles. The monoisotopic (exact) mass is 480 g/mol. The predicted octanol–water partition coefficient (Wildman–Crippen LogP) is 4.22. The minimum Gasteiger partial charge on any atom is -0.494 e. The quantitative estimate of drug-likeness (QED) is 0.228. The molecule has 9 nitrogen and oxygen atoms in total. The number of ether oxygens (including phenoxy) is 4. The fraction of sp³-hybridized carbons (Fsp3) is 0.308. The van der Waals surface area contributed by atoms with Gasteiger partial charge in [-0.05, 0) is 44.0 Å².